The van der Waals surface area contributed by atoms with Crippen molar-refractivity contribution in [1.29, 1.82) is 5.26 Å². The van der Waals surface area contributed by atoms with E-state index in [1.165, 1.54) is 28.0 Å². The molecule has 1 aromatic heterocycles. The highest BCUT2D eigenvalue weighted by molar-refractivity contribution is 9.10. The number of nitrogens with zero attached hydrogens (tertiary/aromatic N) is 1. The lowest BCUT2D eigenvalue weighted by Gasteiger charge is -2.17. The lowest BCUT2D eigenvalue weighted by atomic mass is 9.96. The van der Waals surface area contributed by atoms with Crippen LogP contribution in [0.2, 0.25) is 0 Å². The number of thiophene rings is 1. The molecule has 5 aromatic rings. The maximum atomic E-state index is 13.9. The van der Waals surface area contributed by atoms with Gasteiger partial charge in [-0.1, -0.05) is 82.7 Å². The second kappa shape index (κ2) is 16.0. The van der Waals surface area contributed by atoms with Crippen LogP contribution in [0, 0.1) is 11.3 Å². The standard InChI is InChI=1S/C39H31BrN4O3S2/c40-28-20-18-25(19-21-28)22-33(43-36(45)27-12-5-2-6-13-27)37(46)42-29-14-9-15-30(23-29)48-35(26-10-3-1-4-11-26)38(47)44-39-32(24-41)31-16-7-8-17-34(31)49-39/h1-6,9-15,18-23,35H,7-8,16-17H2,(H,42,46)(H,43,45)(H,44,47)/b33-22+. The molecule has 1 aliphatic carbocycles. The summed E-state index contributed by atoms with van der Waals surface area (Å²) in [5, 5.41) is 18.7. The Balaban J connectivity index is 1.23. The summed E-state index contributed by atoms with van der Waals surface area (Å²) >= 11 is 6.28. The van der Waals surface area contributed by atoms with E-state index < -0.39 is 17.1 Å². The number of carbonyl (C=O) groups excluding carboxylic acids is 3. The minimum atomic E-state index is -0.629. The topological polar surface area (TPSA) is 111 Å². The first-order valence-corrected chi connectivity index (χ1v) is 18.2. The Kier molecular flexibility index (Phi) is 11.1. The van der Waals surface area contributed by atoms with Gasteiger partial charge in [0.15, 0.2) is 0 Å². The number of nitrogens with one attached hydrogen (secondary N) is 3. The van der Waals surface area contributed by atoms with Gasteiger partial charge in [-0.05, 0) is 90.9 Å². The minimum absolute atomic E-state index is 0.0720. The number of benzene rings is 4. The summed E-state index contributed by atoms with van der Waals surface area (Å²) in [5.74, 6) is -1.15. The van der Waals surface area contributed by atoms with Gasteiger partial charge in [0.25, 0.3) is 11.8 Å². The Labute approximate surface area is 301 Å². The Hall–Kier alpha value is -4.95. The number of halogens is 1. The van der Waals surface area contributed by atoms with Gasteiger partial charge in [0.1, 0.15) is 22.0 Å². The second-order valence-electron chi connectivity index (χ2n) is 11.3. The number of hydrogen-bond acceptors (Lipinski definition) is 6. The van der Waals surface area contributed by atoms with E-state index in [1.54, 1.807) is 48.5 Å². The third-order valence-corrected chi connectivity index (χ3v) is 10.9. The van der Waals surface area contributed by atoms with Crippen LogP contribution < -0.4 is 16.0 Å². The van der Waals surface area contributed by atoms with Gasteiger partial charge in [0.05, 0.1) is 5.56 Å². The zero-order chi connectivity index (χ0) is 34.2. The third kappa shape index (κ3) is 8.56. The number of carbonyl (C=O) groups is 3. The molecule has 1 unspecified atom stereocenters. The zero-order valence-electron chi connectivity index (χ0n) is 26.2. The number of hydrogen-bond donors (Lipinski definition) is 3. The van der Waals surface area contributed by atoms with Crippen molar-refractivity contribution in [3.05, 3.63) is 152 Å². The van der Waals surface area contributed by atoms with Crippen molar-refractivity contribution < 1.29 is 14.4 Å². The summed E-state index contributed by atoms with van der Waals surface area (Å²) < 4.78 is 0.890. The van der Waals surface area contributed by atoms with Crippen LogP contribution in [0.1, 0.15) is 55.6 Å². The van der Waals surface area contributed by atoms with Crippen LogP contribution in [0.3, 0.4) is 0 Å². The molecular weight excluding hydrogens is 716 g/mol. The number of aryl methyl sites for hydroxylation is 1. The molecule has 3 N–H and O–H groups in total. The van der Waals surface area contributed by atoms with E-state index in [2.05, 4.69) is 37.9 Å². The average Bonchev–Trinajstić information content (AvgIpc) is 3.48. The van der Waals surface area contributed by atoms with Crippen molar-refractivity contribution in [3.63, 3.8) is 0 Å². The highest BCUT2D eigenvalue weighted by Gasteiger charge is 2.27. The van der Waals surface area contributed by atoms with Crippen LogP contribution in [-0.4, -0.2) is 17.7 Å². The molecule has 0 aliphatic heterocycles. The molecule has 1 heterocycles. The monoisotopic (exact) mass is 746 g/mol. The Bertz CT molecular complexity index is 2060. The van der Waals surface area contributed by atoms with Crippen LogP contribution in [0.4, 0.5) is 10.7 Å². The van der Waals surface area contributed by atoms with E-state index >= 15 is 0 Å². The van der Waals surface area contributed by atoms with Crippen LogP contribution in [0.25, 0.3) is 6.08 Å². The van der Waals surface area contributed by atoms with Crippen molar-refractivity contribution in [2.45, 2.75) is 35.8 Å². The first-order valence-electron chi connectivity index (χ1n) is 15.7. The van der Waals surface area contributed by atoms with E-state index in [0.717, 1.165) is 51.7 Å². The molecule has 0 fully saturated rings. The Morgan fingerprint density at radius 1 is 0.857 bits per heavy atom. The molecule has 49 heavy (non-hydrogen) atoms. The summed E-state index contributed by atoms with van der Waals surface area (Å²) in [7, 11) is 0. The van der Waals surface area contributed by atoms with Gasteiger partial charge in [-0.2, -0.15) is 5.26 Å². The van der Waals surface area contributed by atoms with Crippen molar-refractivity contribution in [2.24, 2.45) is 0 Å². The summed E-state index contributed by atoms with van der Waals surface area (Å²) in [6, 6.07) is 35.1. The van der Waals surface area contributed by atoms with Gasteiger partial charge in [0, 0.05) is 25.5 Å². The van der Waals surface area contributed by atoms with Gasteiger partial charge >= 0.3 is 0 Å². The summed E-state index contributed by atoms with van der Waals surface area (Å²) in [4.78, 5) is 42.6. The first kappa shape index (κ1) is 33.9. The van der Waals surface area contributed by atoms with Crippen LogP contribution in [-0.2, 0) is 22.4 Å². The molecule has 244 valence electrons. The quantitative estimate of drug-likeness (QED) is 0.0975. The predicted molar refractivity (Wildman–Crippen MR) is 200 cm³/mol. The normalized spacial score (nSPS) is 13.0. The molecule has 4 aromatic carbocycles. The molecule has 10 heteroatoms. The maximum Gasteiger partial charge on any atom is 0.272 e. The van der Waals surface area contributed by atoms with E-state index in [1.807, 2.05) is 66.7 Å². The number of nitriles is 1. The fourth-order valence-electron chi connectivity index (χ4n) is 5.50. The smallest absolute Gasteiger partial charge is 0.272 e. The lowest BCUT2D eigenvalue weighted by molar-refractivity contribution is -0.116. The maximum absolute atomic E-state index is 13.9. The van der Waals surface area contributed by atoms with Crippen LogP contribution in [0.15, 0.2) is 124 Å². The summed E-state index contributed by atoms with van der Waals surface area (Å²) in [5.41, 5.74) is 4.16. The first-order chi connectivity index (χ1) is 23.9. The van der Waals surface area contributed by atoms with Crippen LogP contribution in [0.5, 0.6) is 0 Å². The van der Waals surface area contributed by atoms with Gasteiger partial charge in [0.2, 0.25) is 5.91 Å². The van der Waals surface area contributed by atoms with Gasteiger partial charge in [-0.25, -0.2) is 0 Å². The molecular formula is C39H31BrN4O3S2. The molecule has 0 bridgehead atoms. The van der Waals surface area contributed by atoms with Crippen LogP contribution >= 0.6 is 39.0 Å². The molecule has 0 radical (unpaired) electrons. The average molecular weight is 748 g/mol. The lowest BCUT2D eigenvalue weighted by Crippen LogP contribution is -2.30. The fraction of sp³-hybridized carbons (Fsp3) is 0.128. The van der Waals surface area contributed by atoms with Crippen molar-refractivity contribution in [2.75, 3.05) is 10.6 Å². The summed E-state index contributed by atoms with van der Waals surface area (Å²) in [6.07, 6.45) is 5.53. The minimum Gasteiger partial charge on any atom is -0.321 e. The van der Waals surface area contributed by atoms with E-state index in [0.29, 0.717) is 21.8 Å². The fourth-order valence-corrected chi connectivity index (χ4v) is 8.09. The molecule has 0 saturated carbocycles. The van der Waals surface area contributed by atoms with Crippen molar-refractivity contribution in [1.82, 2.24) is 5.32 Å². The highest BCUT2D eigenvalue weighted by Crippen LogP contribution is 2.41. The van der Waals surface area contributed by atoms with Crippen molar-refractivity contribution in [3.8, 4) is 6.07 Å². The van der Waals surface area contributed by atoms with E-state index in [4.69, 9.17) is 0 Å². The largest absolute Gasteiger partial charge is 0.321 e. The molecule has 0 saturated heterocycles. The molecule has 7 nitrogen and oxygen atoms in total. The number of amides is 3. The van der Waals surface area contributed by atoms with E-state index in [9.17, 15) is 19.6 Å². The summed E-state index contributed by atoms with van der Waals surface area (Å²) in [6.45, 7) is 0. The molecule has 6 rings (SSSR count). The number of rotatable bonds is 10. The Morgan fingerprint density at radius 2 is 1.57 bits per heavy atom. The third-order valence-electron chi connectivity index (χ3n) is 7.92. The zero-order valence-corrected chi connectivity index (χ0v) is 29.5. The molecule has 1 atom stereocenters. The van der Waals surface area contributed by atoms with Gasteiger partial charge in [-0.15, -0.1) is 23.1 Å². The molecule has 0 spiro atoms. The molecule has 3 amide bonds. The Morgan fingerprint density at radius 3 is 2.31 bits per heavy atom. The molecule has 1 aliphatic rings. The van der Waals surface area contributed by atoms with E-state index in [-0.39, 0.29) is 11.6 Å². The highest BCUT2D eigenvalue weighted by atomic mass is 79.9. The van der Waals surface area contributed by atoms with Crippen molar-refractivity contribution >= 4 is 73.5 Å². The number of anilines is 2. The van der Waals surface area contributed by atoms with Gasteiger partial charge < -0.3 is 16.0 Å². The predicted octanol–water partition coefficient (Wildman–Crippen LogP) is 9.14. The van der Waals surface area contributed by atoms with Gasteiger partial charge in [-0.3, -0.25) is 14.4 Å². The number of fused-ring (bicyclic) bond motifs is 1. The second-order valence-corrected chi connectivity index (χ2v) is 14.5. The SMILES string of the molecule is N#Cc1c(NC(=O)C(Sc2cccc(NC(=O)/C(=C\c3ccc(Br)cc3)NC(=O)c3ccccc3)c2)c2ccccc2)sc2c1CCCC2. The number of thioether (sulfide) groups is 1.